The number of nitrogens with one attached hydrogen (secondary N) is 2. The average molecular weight is 415 g/mol. The van der Waals surface area contributed by atoms with Crippen LogP contribution in [0.1, 0.15) is 28.8 Å². The van der Waals surface area contributed by atoms with Crippen LogP contribution in [-0.4, -0.2) is 32.1 Å². The van der Waals surface area contributed by atoms with E-state index in [0.29, 0.717) is 23.3 Å². The van der Waals surface area contributed by atoms with Crippen LogP contribution in [0.3, 0.4) is 0 Å². The van der Waals surface area contributed by atoms with Crippen LogP contribution >= 0.6 is 22.9 Å². The van der Waals surface area contributed by atoms with E-state index in [-0.39, 0.29) is 6.03 Å². The van der Waals surface area contributed by atoms with Crippen molar-refractivity contribution in [1.29, 1.82) is 0 Å². The molecule has 0 bridgehead atoms. The molecule has 3 aromatic heterocycles. The molecule has 9 heteroatoms. The zero-order chi connectivity index (χ0) is 19.9. The van der Waals surface area contributed by atoms with Crippen molar-refractivity contribution in [3.8, 4) is 11.8 Å². The first kappa shape index (κ1) is 19.9. The fourth-order valence-corrected chi connectivity index (χ4v) is 3.48. The fourth-order valence-electron chi connectivity index (χ4n) is 2.36. The normalized spacial score (nSPS) is 10.2. The van der Waals surface area contributed by atoms with Crippen LogP contribution in [-0.2, 0) is 13.0 Å². The first-order valence-corrected chi connectivity index (χ1v) is 9.90. The molecular weight excluding hydrogens is 396 g/mol. The SMILES string of the molecule is CCn1cnc(CCNC(=O)Nc2nc(C)c(C#Cc3ccncc3)s2)c1Cl. The van der Waals surface area contributed by atoms with Gasteiger partial charge in [-0.2, -0.15) is 0 Å². The highest BCUT2D eigenvalue weighted by atomic mass is 35.5. The molecule has 0 spiro atoms. The van der Waals surface area contributed by atoms with Gasteiger partial charge in [-0.15, -0.1) is 0 Å². The third-order valence-electron chi connectivity index (χ3n) is 3.85. The van der Waals surface area contributed by atoms with Crippen molar-refractivity contribution in [2.24, 2.45) is 0 Å². The van der Waals surface area contributed by atoms with Gasteiger partial charge in [0.1, 0.15) is 10.0 Å². The van der Waals surface area contributed by atoms with Gasteiger partial charge in [0.05, 0.1) is 17.7 Å². The Kier molecular flexibility index (Phi) is 6.63. The summed E-state index contributed by atoms with van der Waals surface area (Å²) in [6.45, 7) is 5.04. The summed E-state index contributed by atoms with van der Waals surface area (Å²) >= 11 is 7.55. The number of pyridine rings is 1. The van der Waals surface area contributed by atoms with E-state index >= 15 is 0 Å². The maximum absolute atomic E-state index is 12.1. The van der Waals surface area contributed by atoms with Crippen molar-refractivity contribution >= 4 is 34.1 Å². The van der Waals surface area contributed by atoms with Crippen LogP contribution in [0.4, 0.5) is 9.93 Å². The molecule has 3 aromatic rings. The van der Waals surface area contributed by atoms with Crippen LogP contribution in [0.5, 0.6) is 0 Å². The topological polar surface area (TPSA) is 84.7 Å². The summed E-state index contributed by atoms with van der Waals surface area (Å²) in [5.74, 6) is 6.15. The maximum atomic E-state index is 12.1. The molecule has 3 rings (SSSR count). The third kappa shape index (κ3) is 5.09. The predicted molar refractivity (Wildman–Crippen MR) is 111 cm³/mol. The molecule has 0 radical (unpaired) electrons. The number of urea groups is 1. The van der Waals surface area contributed by atoms with E-state index in [0.717, 1.165) is 28.4 Å². The second-order valence-electron chi connectivity index (χ2n) is 5.82. The largest absolute Gasteiger partial charge is 0.337 e. The highest BCUT2D eigenvalue weighted by molar-refractivity contribution is 7.16. The number of hydrogen-bond donors (Lipinski definition) is 2. The number of thiazole rings is 1. The van der Waals surface area contributed by atoms with Crippen molar-refractivity contribution < 1.29 is 4.79 Å². The molecule has 0 aliphatic heterocycles. The Bertz CT molecular complexity index is 1020. The number of nitrogens with zero attached hydrogens (tertiary/aromatic N) is 4. The van der Waals surface area contributed by atoms with E-state index in [9.17, 15) is 4.79 Å². The number of anilines is 1. The van der Waals surface area contributed by atoms with Gasteiger partial charge < -0.3 is 9.88 Å². The minimum atomic E-state index is -0.326. The van der Waals surface area contributed by atoms with Crippen LogP contribution < -0.4 is 10.6 Å². The molecule has 0 unspecified atom stereocenters. The third-order valence-corrected chi connectivity index (χ3v) is 5.27. The number of halogens is 1. The molecule has 0 fully saturated rings. The summed E-state index contributed by atoms with van der Waals surface area (Å²) in [5.41, 5.74) is 2.42. The number of aromatic nitrogens is 4. The molecule has 28 heavy (non-hydrogen) atoms. The van der Waals surface area contributed by atoms with Gasteiger partial charge in [-0.25, -0.2) is 14.8 Å². The van der Waals surface area contributed by atoms with E-state index in [4.69, 9.17) is 11.6 Å². The summed E-state index contributed by atoms with van der Waals surface area (Å²) in [5, 5.41) is 6.64. The molecule has 7 nitrogen and oxygen atoms in total. The maximum Gasteiger partial charge on any atom is 0.321 e. The van der Waals surface area contributed by atoms with Gasteiger partial charge >= 0.3 is 6.03 Å². The lowest BCUT2D eigenvalue weighted by molar-refractivity contribution is 0.252. The standard InChI is InChI=1S/C19H19ClN6OS/c1-3-26-12-23-15(17(26)20)8-11-22-18(27)25-19-24-13(2)16(28-19)5-4-14-6-9-21-10-7-14/h6-7,9-10,12H,3,8,11H2,1-2H3,(H2,22,24,25,27). The summed E-state index contributed by atoms with van der Waals surface area (Å²) < 4.78 is 1.85. The van der Waals surface area contributed by atoms with Crippen molar-refractivity contribution in [2.75, 3.05) is 11.9 Å². The van der Waals surface area contributed by atoms with E-state index in [1.807, 2.05) is 30.5 Å². The minimum absolute atomic E-state index is 0.326. The number of imidazole rings is 1. The van der Waals surface area contributed by atoms with Gasteiger partial charge in [-0.1, -0.05) is 28.9 Å². The number of amides is 2. The molecule has 0 saturated carbocycles. The average Bonchev–Trinajstić information content (AvgIpc) is 3.22. The lowest BCUT2D eigenvalue weighted by atomic mass is 10.2. The highest BCUT2D eigenvalue weighted by Gasteiger charge is 2.11. The number of aryl methyl sites for hydroxylation is 2. The summed E-state index contributed by atoms with van der Waals surface area (Å²) in [4.78, 5) is 25.5. The van der Waals surface area contributed by atoms with Crippen LogP contribution in [0, 0.1) is 18.8 Å². The Balaban J connectivity index is 1.53. The van der Waals surface area contributed by atoms with Crippen LogP contribution in [0.15, 0.2) is 30.9 Å². The van der Waals surface area contributed by atoms with Crippen molar-refractivity contribution in [2.45, 2.75) is 26.8 Å². The number of rotatable bonds is 5. The van der Waals surface area contributed by atoms with Gasteiger partial charge in [0.2, 0.25) is 0 Å². The van der Waals surface area contributed by atoms with Gasteiger partial charge in [0, 0.05) is 37.5 Å². The Hall–Kier alpha value is -2.89. The van der Waals surface area contributed by atoms with E-state index < -0.39 is 0 Å². The molecule has 3 heterocycles. The minimum Gasteiger partial charge on any atom is -0.337 e. The highest BCUT2D eigenvalue weighted by Crippen LogP contribution is 2.21. The quantitative estimate of drug-likeness (QED) is 0.626. The lowest BCUT2D eigenvalue weighted by Gasteiger charge is -2.04. The fraction of sp³-hybridized carbons (Fsp3) is 0.263. The Morgan fingerprint density at radius 3 is 2.82 bits per heavy atom. The second kappa shape index (κ2) is 9.35. The number of carbonyl (C=O) groups excluding carboxylic acids is 1. The Labute approximate surface area is 172 Å². The summed E-state index contributed by atoms with van der Waals surface area (Å²) in [6, 6.07) is 3.35. The number of hydrogen-bond acceptors (Lipinski definition) is 5. The van der Waals surface area contributed by atoms with Gasteiger partial charge in [-0.05, 0) is 31.9 Å². The first-order chi connectivity index (χ1) is 13.6. The predicted octanol–water partition coefficient (Wildman–Crippen LogP) is 3.48. The van der Waals surface area contributed by atoms with Gasteiger partial charge in [0.25, 0.3) is 0 Å². The zero-order valence-corrected chi connectivity index (χ0v) is 17.1. The molecule has 2 N–H and O–H groups in total. The van der Waals surface area contributed by atoms with Crippen molar-refractivity contribution in [1.82, 2.24) is 24.8 Å². The number of carbonyl (C=O) groups is 1. The van der Waals surface area contributed by atoms with Crippen LogP contribution in [0.2, 0.25) is 5.15 Å². The monoisotopic (exact) mass is 414 g/mol. The zero-order valence-electron chi connectivity index (χ0n) is 15.5. The molecule has 0 aliphatic carbocycles. The molecule has 0 aromatic carbocycles. The first-order valence-electron chi connectivity index (χ1n) is 8.70. The Morgan fingerprint density at radius 1 is 1.32 bits per heavy atom. The van der Waals surface area contributed by atoms with Crippen molar-refractivity contribution in [3.05, 3.63) is 57.8 Å². The molecule has 0 saturated heterocycles. The summed E-state index contributed by atoms with van der Waals surface area (Å²) in [7, 11) is 0. The smallest absolute Gasteiger partial charge is 0.321 e. The van der Waals surface area contributed by atoms with Crippen LogP contribution in [0.25, 0.3) is 0 Å². The van der Waals surface area contributed by atoms with E-state index in [1.54, 1.807) is 18.7 Å². The van der Waals surface area contributed by atoms with Gasteiger partial charge in [-0.3, -0.25) is 10.3 Å². The second-order valence-corrected chi connectivity index (χ2v) is 7.18. The molecule has 0 aliphatic rings. The molecule has 144 valence electrons. The summed E-state index contributed by atoms with van der Waals surface area (Å²) in [6.07, 6.45) is 5.64. The van der Waals surface area contributed by atoms with E-state index in [1.165, 1.54) is 11.3 Å². The van der Waals surface area contributed by atoms with Gasteiger partial charge in [0.15, 0.2) is 5.13 Å². The molecule has 0 atom stereocenters. The molecule has 2 amide bonds. The lowest BCUT2D eigenvalue weighted by Crippen LogP contribution is -2.30. The Morgan fingerprint density at radius 2 is 2.11 bits per heavy atom. The molecular formula is C19H19ClN6OS. The van der Waals surface area contributed by atoms with E-state index in [2.05, 4.69) is 37.4 Å². The van der Waals surface area contributed by atoms with Crippen molar-refractivity contribution in [3.63, 3.8) is 0 Å².